The molecule has 10 nitrogen and oxygen atoms in total. The molecule has 1 N–H and O–H groups in total. The predicted molar refractivity (Wildman–Crippen MR) is 120 cm³/mol. The fourth-order valence-electron chi connectivity index (χ4n) is 3.72. The second-order valence-electron chi connectivity index (χ2n) is 7.45. The van der Waals surface area contributed by atoms with Crippen molar-refractivity contribution in [2.75, 3.05) is 20.2 Å². The molecule has 33 heavy (non-hydrogen) atoms. The van der Waals surface area contributed by atoms with Crippen LogP contribution in [0.5, 0.6) is 11.5 Å². The molecule has 2 aromatic rings. The molecule has 0 saturated carbocycles. The highest BCUT2D eigenvalue weighted by Crippen LogP contribution is 2.39. The number of imide groups is 1. The third kappa shape index (κ3) is 4.40. The number of hydrogen-bond acceptors (Lipinski definition) is 8. The first kappa shape index (κ1) is 22.3. The third-order valence-electron chi connectivity index (χ3n) is 5.44. The minimum absolute atomic E-state index is 0.0128. The lowest BCUT2D eigenvalue weighted by atomic mass is 10.00. The van der Waals surface area contributed by atoms with Crippen LogP contribution in [0.1, 0.15) is 16.7 Å². The van der Waals surface area contributed by atoms with Crippen LogP contribution in [-0.4, -0.2) is 57.1 Å². The number of phenolic OH excluding ortho intramolecular Hbond substituents is 1. The number of nitro groups is 1. The minimum Gasteiger partial charge on any atom is -0.500 e. The number of fused-ring (bicyclic) bond motifs is 1. The molecule has 1 saturated heterocycles. The summed E-state index contributed by atoms with van der Waals surface area (Å²) < 4.78 is 4.95. The molecule has 0 aliphatic carbocycles. The molecule has 0 atom stereocenters. The van der Waals surface area contributed by atoms with Crippen LogP contribution < -0.4 is 4.74 Å². The van der Waals surface area contributed by atoms with Gasteiger partial charge in [-0.05, 0) is 47.0 Å². The van der Waals surface area contributed by atoms with E-state index in [1.807, 2.05) is 24.3 Å². The van der Waals surface area contributed by atoms with Crippen LogP contribution in [0.25, 0.3) is 6.08 Å². The molecular weight excluding hydrogens is 450 g/mol. The largest absolute Gasteiger partial charge is 0.500 e. The van der Waals surface area contributed by atoms with Crippen LogP contribution in [0.15, 0.2) is 41.3 Å². The maximum Gasteiger partial charge on any atom is 0.315 e. The SMILES string of the molecule is COc1cc(/C=C2/SC(=O)N(CC(=O)N3CCc4ccccc4C3)C2=O)cc([N+](=O)[O-])c1O. The monoisotopic (exact) mass is 469 g/mol. The van der Waals surface area contributed by atoms with Crippen molar-refractivity contribution in [3.8, 4) is 11.5 Å². The highest BCUT2D eigenvalue weighted by atomic mass is 32.2. The van der Waals surface area contributed by atoms with Gasteiger partial charge in [-0.15, -0.1) is 0 Å². The van der Waals surface area contributed by atoms with E-state index in [9.17, 15) is 29.6 Å². The van der Waals surface area contributed by atoms with Crippen molar-refractivity contribution in [3.05, 3.63) is 68.1 Å². The lowest BCUT2D eigenvalue weighted by Crippen LogP contribution is -2.44. The second kappa shape index (κ2) is 8.94. The minimum atomic E-state index is -0.781. The summed E-state index contributed by atoms with van der Waals surface area (Å²) in [6.07, 6.45) is 1.99. The van der Waals surface area contributed by atoms with Gasteiger partial charge in [0.25, 0.3) is 11.1 Å². The number of rotatable bonds is 5. The van der Waals surface area contributed by atoms with Crippen molar-refractivity contribution in [1.82, 2.24) is 9.80 Å². The van der Waals surface area contributed by atoms with Gasteiger partial charge in [-0.3, -0.25) is 29.4 Å². The van der Waals surface area contributed by atoms with Crippen LogP contribution >= 0.6 is 11.8 Å². The normalized spacial score (nSPS) is 16.8. The Morgan fingerprint density at radius 1 is 1.27 bits per heavy atom. The molecule has 11 heteroatoms. The van der Waals surface area contributed by atoms with Gasteiger partial charge in [0.05, 0.1) is 16.9 Å². The summed E-state index contributed by atoms with van der Waals surface area (Å²) in [5, 5.41) is 20.5. The quantitative estimate of drug-likeness (QED) is 0.402. The number of thioether (sulfide) groups is 1. The number of hydrogen-bond donors (Lipinski definition) is 1. The van der Waals surface area contributed by atoms with Gasteiger partial charge in [0, 0.05) is 19.2 Å². The smallest absolute Gasteiger partial charge is 0.315 e. The Bertz CT molecular complexity index is 1210. The van der Waals surface area contributed by atoms with E-state index in [0.717, 1.165) is 16.5 Å². The molecular formula is C22H19N3O7S. The lowest BCUT2D eigenvalue weighted by Gasteiger charge is -2.29. The number of phenols is 1. The molecule has 0 aromatic heterocycles. The van der Waals surface area contributed by atoms with E-state index < -0.39 is 27.5 Å². The van der Waals surface area contributed by atoms with Crippen LogP contribution in [-0.2, 0) is 22.6 Å². The van der Waals surface area contributed by atoms with Gasteiger partial charge in [-0.1, -0.05) is 24.3 Å². The summed E-state index contributed by atoms with van der Waals surface area (Å²) >= 11 is 0.640. The summed E-state index contributed by atoms with van der Waals surface area (Å²) in [7, 11) is 1.24. The van der Waals surface area contributed by atoms with E-state index in [0.29, 0.717) is 31.3 Å². The number of carbonyl (C=O) groups is 3. The predicted octanol–water partition coefficient (Wildman–Crippen LogP) is 2.93. The molecule has 2 aliphatic rings. The molecule has 0 unspecified atom stereocenters. The molecule has 2 heterocycles. The van der Waals surface area contributed by atoms with Crippen LogP contribution in [0.4, 0.5) is 10.5 Å². The van der Waals surface area contributed by atoms with E-state index in [-0.39, 0.29) is 28.7 Å². The molecule has 4 rings (SSSR count). The molecule has 170 valence electrons. The zero-order valence-electron chi connectivity index (χ0n) is 17.5. The topological polar surface area (TPSA) is 130 Å². The van der Waals surface area contributed by atoms with Crippen molar-refractivity contribution in [1.29, 1.82) is 0 Å². The zero-order chi connectivity index (χ0) is 23.7. The van der Waals surface area contributed by atoms with Crippen LogP contribution in [0.3, 0.4) is 0 Å². The maximum absolute atomic E-state index is 12.8. The highest BCUT2D eigenvalue weighted by Gasteiger charge is 2.37. The Morgan fingerprint density at radius 2 is 2.00 bits per heavy atom. The Balaban J connectivity index is 1.51. The lowest BCUT2D eigenvalue weighted by molar-refractivity contribution is -0.386. The Kier molecular flexibility index (Phi) is 6.05. The number of methoxy groups -OCH3 is 1. The van der Waals surface area contributed by atoms with Gasteiger partial charge >= 0.3 is 5.69 Å². The van der Waals surface area contributed by atoms with E-state index in [1.54, 1.807) is 4.90 Å². The Labute approximate surface area is 192 Å². The van der Waals surface area contributed by atoms with Crippen molar-refractivity contribution in [3.63, 3.8) is 0 Å². The first-order chi connectivity index (χ1) is 15.8. The molecule has 1 fully saturated rings. The summed E-state index contributed by atoms with van der Waals surface area (Å²) in [5.41, 5.74) is 1.81. The zero-order valence-corrected chi connectivity index (χ0v) is 18.3. The number of amides is 3. The van der Waals surface area contributed by atoms with Gasteiger partial charge in [-0.2, -0.15) is 0 Å². The van der Waals surface area contributed by atoms with Crippen molar-refractivity contribution < 1.29 is 29.2 Å². The number of nitro benzene ring substituents is 1. The fourth-order valence-corrected chi connectivity index (χ4v) is 4.56. The van der Waals surface area contributed by atoms with E-state index in [2.05, 4.69) is 0 Å². The van der Waals surface area contributed by atoms with E-state index >= 15 is 0 Å². The Hall–Kier alpha value is -3.86. The average Bonchev–Trinajstić information content (AvgIpc) is 3.06. The molecule has 0 radical (unpaired) electrons. The molecule has 2 aliphatic heterocycles. The first-order valence-corrected chi connectivity index (χ1v) is 10.8. The first-order valence-electron chi connectivity index (χ1n) is 9.93. The molecule has 0 spiro atoms. The number of nitrogens with zero attached hydrogens (tertiary/aromatic N) is 3. The van der Waals surface area contributed by atoms with E-state index in [1.165, 1.54) is 24.8 Å². The number of aromatic hydroxyl groups is 1. The van der Waals surface area contributed by atoms with Crippen LogP contribution in [0.2, 0.25) is 0 Å². The summed E-state index contributed by atoms with van der Waals surface area (Å²) in [5.74, 6) is -1.78. The van der Waals surface area contributed by atoms with Gasteiger partial charge in [0.15, 0.2) is 5.75 Å². The van der Waals surface area contributed by atoms with Gasteiger partial charge in [-0.25, -0.2) is 0 Å². The van der Waals surface area contributed by atoms with E-state index in [4.69, 9.17) is 4.74 Å². The van der Waals surface area contributed by atoms with Gasteiger partial charge < -0.3 is 14.7 Å². The van der Waals surface area contributed by atoms with Crippen molar-refractivity contribution >= 4 is 40.6 Å². The van der Waals surface area contributed by atoms with Gasteiger partial charge in [0.2, 0.25) is 11.7 Å². The Morgan fingerprint density at radius 3 is 2.70 bits per heavy atom. The molecule has 3 amide bonds. The van der Waals surface area contributed by atoms with Gasteiger partial charge in [0.1, 0.15) is 6.54 Å². The maximum atomic E-state index is 12.8. The van der Waals surface area contributed by atoms with Crippen LogP contribution in [0, 0.1) is 10.1 Å². The molecule has 0 bridgehead atoms. The fraction of sp³-hybridized carbons (Fsp3) is 0.227. The van der Waals surface area contributed by atoms with Crippen molar-refractivity contribution in [2.45, 2.75) is 13.0 Å². The molecule has 2 aromatic carbocycles. The standard InChI is InChI=1S/C22H19N3O7S/c1-32-17-9-13(8-16(20(17)27)25(30)31)10-18-21(28)24(22(29)33-18)12-19(26)23-7-6-14-4-2-3-5-15(14)11-23/h2-5,8-10,27H,6-7,11-12H2,1H3/b18-10+. The number of benzene rings is 2. The van der Waals surface area contributed by atoms with Crippen molar-refractivity contribution in [2.24, 2.45) is 0 Å². The highest BCUT2D eigenvalue weighted by molar-refractivity contribution is 8.18. The average molecular weight is 469 g/mol. The summed E-state index contributed by atoms with van der Waals surface area (Å²) in [6.45, 7) is 0.528. The number of carbonyl (C=O) groups excluding carboxylic acids is 3. The summed E-state index contributed by atoms with van der Waals surface area (Å²) in [4.78, 5) is 50.9. The summed E-state index contributed by atoms with van der Waals surface area (Å²) in [6, 6.07) is 10.2. The number of ether oxygens (including phenoxy) is 1. The second-order valence-corrected chi connectivity index (χ2v) is 8.44. The third-order valence-corrected chi connectivity index (χ3v) is 6.35.